The number of aliphatic hydroxyl groups is 1. The lowest BCUT2D eigenvalue weighted by atomic mass is 10.1. The second kappa shape index (κ2) is 8.68. The van der Waals surface area contributed by atoms with Crippen LogP contribution in [0.4, 0.5) is 13.6 Å². The van der Waals surface area contributed by atoms with Crippen molar-refractivity contribution >= 4 is 39.2 Å². The molecule has 0 bridgehead atoms. The van der Waals surface area contributed by atoms with Crippen LogP contribution in [-0.2, 0) is 11.3 Å². The molecule has 3 aromatic rings. The molecule has 2 aromatic carbocycles. The van der Waals surface area contributed by atoms with Gasteiger partial charge in [-0.3, -0.25) is 5.32 Å². The number of hydrogen-bond donors (Lipinski definition) is 2. The number of fused-ring (bicyclic) bond motifs is 1. The SMILES string of the molecule is CCOC(=O)NC(O)c1c(F)ccc(OCc2nc3cc(Cl)ccc3s2)c1F. The van der Waals surface area contributed by atoms with Crippen LogP contribution in [0.2, 0.25) is 5.02 Å². The third-order valence-electron chi connectivity index (χ3n) is 3.64. The molecule has 1 heterocycles. The highest BCUT2D eigenvalue weighted by Gasteiger charge is 2.24. The van der Waals surface area contributed by atoms with Gasteiger partial charge in [0.2, 0.25) is 0 Å². The third kappa shape index (κ3) is 4.49. The van der Waals surface area contributed by atoms with Gasteiger partial charge in [-0.15, -0.1) is 11.3 Å². The zero-order chi connectivity index (χ0) is 20.3. The fraction of sp³-hybridized carbons (Fsp3) is 0.222. The highest BCUT2D eigenvalue weighted by molar-refractivity contribution is 7.18. The molecule has 0 aliphatic heterocycles. The highest BCUT2D eigenvalue weighted by Crippen LogP contribution is 2.29. The number of halogens is 3. The topological polar surface area (TPSA) is 80.7 Å². The Labute approximate surface area is 167 Å². The molecule has 2 N–H and O–H groups in total. The van der Waals surface area contributed by atoms with Crippen molar-refractivity contribution in [2.24, 2.45) is 0 Å². The van der Waals surface area contributed by atoms with Crippen LogP contribution < -0.4 is 10.1 Å². The summed E-state index contributed by atoms with van der Waals surface area (Å²) in [6.45, 7) is 1.53. The van der Waals surface area contributed by atoms with Crippen LogP contribution in [0.3, 0.4) is 0 Å². The summed E-state index contributed by atoms with van der Waals surface area (Å²) in [7, 11) is 0. The van der Waals surface area contributed by atoms with E-state index in [2.05, 4.69) is 9.72 Å². The lowest BCUT2D eigenvalue weighted by Gasteiger charge is -2.16. The van der Waals surface area contributed by atoms with Gasteiger partial charge in [0.1, 0.15) is 17.4 Å². The Morgan fingerprint density at radius 2 is 2.14 bits per heavy atom. The van der Waals surface area contributed by atoms with Gasteiger partial charge in [-0.2, -0.15) is 0 Å². The molecule has 1 unspecified atom stereocenters. The second-order valence-corrected chi connectivity index (χ2v) is 7.10. The van der Waals surface area contributed by atoms with Crippen LogP contribution in [0.1, 0.15) is 23.7 Å². The quantitative estimate of drug-likeness (QED) is 0.563. The van der Waals surface area contributed by atoms with Gasteiger partial charge in [-0.25, -0.2) is 18.6 Å². The van der Waals surface area contributed by atoms with Gasteiger partial charge >= 0.3 is 6.09 Å². The van der Waals surface area contributed by atoms with Crippen LogP contribution in [-0.4, -0.2) is 22.8 Å². The van der Waals surface area contributed by atoms with Crippen molar-refractivity contribution in [3.63, 3.8) is 0 Å². The van der Waals surface area contributed by atoms with E-state index in [9.17, 15) is 18.7 Å². The maximum Gasteiger partial charge on any atom is 0.409 e. The number of carbonyl (C=O) groups is 1. The molecule has 3 rings (SSSR count). The summed E-state index contributed by atoms with van der Waals surface area (Å²) in [5.74, 6) is -2.46. The van der Waals surface area contributed by atoms with Crippen molar-refractivity contribution in [3.05, 3.63) is 57.6 Å². The fourth-order valence-corrected chi connectivity index (χ4v) is 3.44. The standard InChI is InChI=1S/C18H15ClF2N2O4S/c1-2-26-18(25)23-17(24)15-10(20)4-5-12(16(15)21)27-8-14-22-11-7-9(19)3-6-13(11)28-14/h3-7,17,24H,2,8H2,1H3,(H,23,25). The summed E-state index contributed by atoms with van der Waals surface area (Å²) in [5, 5.41) is 13.0. The van der Waals surface area contributed by atoms with Crippen molar-refractivity contribution in [2.75, 3.05) is 6.61 Å². The first kappa shape index (κ1) is 20.2. The van der Waals surface area contributed by atoms with E-state index in [0.29, 0.717) is 15.5 Å². The number of nitrogens with one attached hydrogen (secondary N) is 1. The predicted molar refractivity (Wildman–Crippen MR) is 100 cm³/mol. The van der Waals surface area contributed by atoms with E-state index in [-0.39, 0.29) is 19.0 Å². The Balaban J connectivity index is 1.77. The Morgan fingerprint density at radius 1 is 1.36 bits per heavy atom. The van der Waals surface area contributed by atoms with Crippen molar-refractivity contribution in [2.45, 2.75) is 19.8 Å². The number of alkyl carbamates (subject to hydrolysis) is 1. The minimum absolute atomic E-state index is 0.0417. The Morgan fingerprint density at radius 3 is 2.89 bits per heavy atom. The normalized spacial score (nSPS) is 12.0. The molecular weight excluding hydrogens is 414 g/mol. The van der Waals surface area contributed by atoms with E-state index < -0.39 is 29.5 Å². The highest BCUT2D eigenvalue weighted by atomic mass is 35.5. The summed E-state index contributed by atoms with van der Waals surface area (Å²) in [5.41, 5.74) is -0.0629. The van der Waals surface area contributed by atoms with Crippen LogP contribution in [0.15, 0.2) is 30.3 Å². The molecule has 0 aliphatic rings. The van der Waals surface area contributed by atoms with Gasteiger partial charge in [-0.1, -0.05) is 11.6 Å². The number of hydrogen-bond acceptors (Lipinski definition) is 6. The number of carbonyl (C=O) groups excluding carboxylic acids is 1. The molecule has 1 atom stereocenters. The van der Waals surface area contributed by atoms with Crippen molar-refractivity contribution < 1.29 is 28.2 Å². The zero-order valence-corrected chi connectivity index (χ0v) is 16.1. The average Bonchev–Trinajstić information content (AvgIpc) is 3.03. The summed E-state index contributed by atoms with van der Waals surface area (Å²) >= 11 is 7.27. The van der Waals surface area contributed by atoms with E-state index in [1.165, 1.54) is 11.3 Å². The van der Waals surface area contributed by atoms with Gasteiger partial charge in [0, 0.05) is 5.02 Å². The maximum absolute atomic E-state index is 14.6. The molecule has 0 radical (unpaired) electrons. The fourth-order valence-electron chi connectivity index (χ4n) is 2.42. The molecule has 1 aromatic heterocycles. The largest absolute Gasteiger partial charge is 0.483 e. The van der Waals surface area contributed by atoms with Gasteiger partial charge in [0.25, 0.3) is 0 Å². The molecular formula is C18H15ClF2N2O4S. The number of nitrogens with zero attached hydrogens (tertiary/aromatic N) is 1. The molecule has 0 spiro atoms. The Bertz CT molecular complexity index is 1010. The number of amides is 1. The van der Waals surface area contributed by atoms with Crippen LogP contribution in [0.5, 0.6) is 5.75 Å². The molecule has 0 aliphatic carbocycles. The number of thiazole rings is 1. The smallest absolute Gasteiger partial charge is 0.409 e. The second-order valence-electron chi connectivity index (χ2n) is 5.55. The average molecular weight is 429 g/mol. The van der Waals surface area contributed by atoms with E-state index in [0.717, 1.165) is 16.8 Å². The number of ether oxygens (including phenoxy) is 2. The molecule has 6 nitrogen and oxygen atoms in total. The monoisotopic (exact) mass is 428 g/mol. The first-order chi connectivity index (χ1) is 13.4. The first-order valence-electron chi connectivity index (χ1n) is 8.16. The number of rotatable bonds is 6. The van der Waals surface area contributed by atoms with Crippen molar-refractivity contribution in [1.82, 2.24) is 10.3 Å². The maximum atomic E-state index is 14.6. The lowest BCUT2D eigenvalue weighted by Crippen LogP contribution is -2.30. The number of aliphatic hydroxyl groups excluding tert-OH is 1. The number of aromatic nitrogens is 1. The summed E-state index contributed by atoms with van der Waals surface area (Å²) < 4.78 is 39.5. The van der Waals surface area contributed by atoms with Crippen LogP contribution >= 0.6 is 22.9 Å². The molecule has 0 saturated heterocycles. The molecule has 1 amide bonds. The minimum atomic E-state index is -1.94. The van der Waals surface area contributed by atoms with Gasteiger partial charge in [0.05, 0.1) is 22.4 Å². The van der Waals surface area contributed by atoms with Crippen molar-refractivity contribution in [3.8, 4) is 5.75 Å². The van der Waals surface area contributed by atoms with E-state index in [4.69, 9.17) is 16.3 Å². The molecule has 0 fully saturated rings. The van der Waals surface area contributed by atoms with Crippen LogP contribution in [0.25, 0.3) is 10.2 Å². The predicted octanol–water partition coefficient (Wildman–Crippen LogP) is 4.54. The number of benzene rings is 2. The van der Waals surface area contributed by atoms with E-state index in [1.54, 1.807) is 19.1 Å². The lowest BCUT2D eigenvalue weighted by molar-refractivity contribution is 0.0972. The van der Waals surface area contributed by atoms with Gasteiger partial charge < -0.3 is 14.6 Å². The summed E-state index contributed by atoms with van der Waals surface area (Å²) in [6, 6.07) is 7.27. The zero-order valence-electron chi connectivity index (χ0n) is 14.5. The minimum Gasteiger partial charge on any atom is -0.483 e. The Kier molecular flexibility index (Phi) is 6.28. The third-order valence-corrected chi connectivity index (χ3v) is 4.88. The van der Waals surface area contributed by atoms with Crippen LogP contribution in [0, 0.1) is 11.6 Å². The molecule has 10 heteroatoms. The molecule has 148 valence electrons. The summed E-state index contributed by atoms with van der Waals surface area (Å²) in [4.78, 5) is 15.7. The van der Waals surface area contributed by atoms with E-state index >= 15 is 0 Å². The van der Waals surface area contributed by atoms with E-state index in [1.807, 2.05) is 11.4 Å². The van der Waals surface area contributed by atoms with Gasteiger partial charge in [0.15, 0.2) is 17.8 Å². The van der Waals surface area contributed by atoms with Crippen molar-refractivity contribution in [1.29, 1.82) is 0 Å². The molecule has 0 saturated carbocycles. The Hall–Kier alpha value is -2.49. The summed E-state index contributed by atoms with van der Waals surface area (Å²) in [6.07, 6.45) is -2.94. The van der Waals surface area contributed by atoms with Gasteiger partial charge in [-0.05, 0) is 37.3 Å². The molecule has 28 heavy (non-hydrogen) atoms. The first-order valence-corrected chi connectivity index (χ1v) is 9.35.